The number of amides is 5. The highest BCUT2D eigenvalue weighted by Crippen LogP contribution is 2.28. The van der Waals surface area contributed by atoms with E-state index >= 15 is 0 Å². The van der Waals surface area contributed by atoms with Crippen LogP contribution < -0.4 is 10.6 Å². The van der Waals surface area contributed by atoms with Crippen LogP contribution in [0.25, 0.3) is 0 Å². The molecule has 3 rings (SSSR count). The molecule has 1 fully saturated rings. The molecule has 29 heavy (non-hydrogen) atoms. The Morgan fingerprint density at radius 1 is 1.14 bits per heavy atom. The second-order valence-electron chi connectivity index (χ2n) is 7.26. The fraction of sp³-hybridized carbons (Fsp3) is 0.450. The maximum atomic E-state index is 12.7. The molecule has 0 unspecified atom stereocenters. The molecule has 0 radical (unpaired) electrons. The van der Waals surface area contributed by atoms with E-state index in [1.54, 1.807) is 19.1 Å². The number of hydrogen-bond acceptors (Lipinski definition) is 6. The molecule has 0 saturated heterocycles. The molecular weight excluding hydrogens is 378 g/mol. The third-order valence-corrected chi connectivity index (χ3v) is 5.04. The van der Waals surface area contributed by atoms with E-state index < -0.39 is 42.4 Å². The quantitative estimate of drug-likeness (QED) is 0.523. The Bertz CT molecular complexity index is 829. The first-order valence-corrected chi connectivity index (χ1v) is 9.57. The number of fused-ring (bicyclic) bond motifs is 1. The maximum absolute atomic E-state index is 12.7. The largest absolute Gasteiger partial charge is 0.454 e. The van der Waals surface area contributed by atoms with Crippen molar-refractivity contribution in [3.63, 3.8) is 0 Å². The molecule has 9 nitrogen and oxygen atoms in total. The van der Waals surface area contributed by atoms with Gasteiger partial charge in [-0.15, -0.1) is 0 Å². The normalized spacial score (nSPS) is 17.4. The first kappa shape index (κ1) is 20.5. The van der Waals surface area contributed by atoms with Gasteiger partial charge in [0.05, 0.1) is 11.1 Å². The summed E-state index contributed by atoms with van der Waals surface area (Å²) >= 11 is 0. The zero-order valence-electron chi connectivity index (χ0n) is 16.3. The zero-order chi connectivity index (χ0) is 21.1. The number of nitrogens with zero attached hydrogens (tertiary/aromatic N) is 1. The number of nitrogens with one attached hydrogen (secondary N) is 2. The molecular formula is C20H23N3O6. The van der Waals surface area contributed by atoms with Gasteiger partial charge in [-0.1, -0.05) is 32.4 Å². The highest BCUT2D eigenvalue weighted by molar-refractivity contribution is 6.22. The second kappa shape index (κ2) is 8.42. The number of hydrogen-bond donors (Lipinski definition) is 2. The smallest absolute Gasteiger partial charge is 0.330 e. The Kier molecular flexibility index (Phi) is 5.95. The minimum absolute atomic E-state index is 0.0777. The van der Waals surface area contributed by atoms with Gasteiger partial charge >= 0.3 is 12.0 Å². The fourth-order valence-electron chi connectivity index (χ4n) is 3.11. The third-order valence-electron chi connectivity index (χ3n) is 5.04. The van der Waals surface area contributed by atoms with Crippen LogP contribution in [0.5, 0.6) is 0 Å². The molecule has 1 aromatic rings. The van der Waals surface area contributed by atoms with Gasteiger partial charge in [-0.25, -0.2) is 9.59 Å². The SMILES string of the molecule is CC[C@H](C)[C@@H](C(=O)OCC(=O)NC(=O)NC1CC1)N1C(=O)c2ccccc2C1=O. The molecule has 1 heterocycles. The van der Waals surface area contributed by atoms with Crippen molar-refractivity contribution in [2.75, 3.05) is 6.61 Å². The summed E-state index contributed by atoms with van der Waals surface area (Å²) in [5, 5.41) is 4.66. The van der Waals surface area contributed by atoms with Crippen LogP contribution in [0.1, 0.15) is 53.8 Å². The van der Waals surface area contributed by atoms with Crippen molar-refractivity contribution in [2.45, 2.75) is 45.2 Å². The van der Waals surface area contributed by atoms with Crippen LogP contribution in [0.3, 0.4) is 0 Å². The molecule has 1 aliphatic heterocycles. The molecule has 5 amide bonds. The van der Waals surface area contributed by atoms with Crippen LogP contribution in [-0.2, 0) is 14.3 Å². The number of imide groups is 2. The number of esters is 1. The minimum Gasteiger partial charge on any atom is -0.454 e. The highest BCUT2D eigenvalue weighted by atomic mass is 16.5. The summed E-state index contributed by atoms with van der Waals surface area (Å²) in [4.78, 5) is 62.5. The summed E-state index contributed by atoms with van der Waals surface area (Å²) in [6, 6.07) is 4.60. The average molecular weight is 401 g/mol. The summed E-state index contributed by atoms with van der Waals surface area (Å²) in [6.07, 6.45) is 2.24. The van der Waals surface area contributed by atoms with Crippen LogP contribution in [0.2, 0.25) is 0 Å². The Balaban J connectivity index is 1.66. The van der Waals surface area contributed by atoms with Gasteiger partial charge in [0.25, 0.3) is 17.7 Å². The van der Waals surface area contributed by atoms with Crippen molar-refractivity contribution in [3.8, 4) is 0 Å². The Labute approximate surface area is 167 Å². The predicted octanol–water partition coefficient (Wildman–Crippen LogP) is 1.23. The molecule has 0 bridgehead atoms. The average Bonchev–Trinajstić information content (AvgIpc) is 3.48. The zero-order valence-corrected chi connectivity index (χ0v) is 16.3. The number of rotatable bonds is 7. The number of carbonyl (C=O) groups excluding carboxylic acids is 5. The van der Waals surface area contributed by atoms with E-state index in [0.29, 0.717) is 6.42 Å². The second-order valence-corrected chi connectivity index (χ2v) is 7.26. The van der Waals surface area contributed by atoms with Crippen LogP contribution in [0, 0.1) is 5.92 Å². The fourth-order valence-corrected chi connectivity index (χ4v) is 3.11. The van der Waals surface area contributed by atoms with Gasteiger partial charge in [-0.3, -0.25) is 24.6 Å². The maximum Gasteiger partial charge on any atom is 0.330 e. The van der Waals surface area contributed by atoms with Gasteiger partial charge in [0.2, 0.25) is 0 Å². The summed E-state index contributed by atoms with van der Waals surface area (Å²) in [5.41, 5.74) is 0.459. The van der Waals surface area contributed by atoms with Gasteiger partial charge in [-0.05, 0) is 30.9 Å². The summed E-state index contributed by atoms with van der Waals surface area (Å²) < 4.78 is 5.04. The van der Waals surface area contributed by atoms with Gasteiger partial charge in [-0.2, -0.15) is 0 Å². The van der Waals surface area contributed by atoms with E-state index in [4.69, 9.17) is 4.74 Å². The van der Waals surface area contributed by atoms with Gasteiger partial charge in [0.1, 0.15) is 6.04 Å². The first-order valence-electron chi connectivity index (χ1n) is 9.57. The standard InChI is InChI=1S/C20H23N3O6/c1-3-11(2)16(23-17(25)13-6-4-5-7-14(13)18(23)26)19(27)29-10-15(24)22-20(28)21-12-8-9-12/h4-7,11-12,16H,3,8-10H2,1-2H3,(H2,21,22,24,28)/t11-,16-/m0/s1. The lowest BCUT2D eigenvalue weighted by atomic mass is 9.97. The van der Waals surface area contributed by atoms with E-state index in [1.165, 1.54) is 12.1 Å². The first-order chi connectivity index (χ1) is 13.8. The van der Waals surface area contributed by atoms with Crippen molar-refractivity contribution in [1.29, 1.82) is 0 Å². The molecule has 2 N–H and O–H groups in total. The molecule has 2 atom stereocenters. The number of urea groups is 1. The van der Waals surface area contributed by atoms with Crippen LogP contribution >= 0.6 is 0 Å². The van der Waals surface area contributed by atoms with Crippen molar-refractivity contribution in [2.24, 2.45) is 5.92 Å². The van der Waals surface area contributed by atoms with Crippen molar-refractivity contribution in [1.82, 2.24) is 15.5 Å². The van der Waals surface area contributed by atoms with Crippen LogP contribution in [0.4, 0.5) is 4.79 Å². The van der Waals surface area contributed by atoms with E-state index in [-0.39, 0.29) is 23.1 Å². The summed E-state index contributed by atoms with van der Waals surface area (Å²) in [5.74, 6) is -3.18. The summed E-state index contributed by atoms with van der Waals surface area (Å²) in [7, 11) is 0. The highest BCUT2D eigenvalue weighted by Gasteiger charge is 2.45. The lowest BCUT2D eigenvalue weighted by Gasteiger charge is -2.28. The molecule has 0 spiro atoms. The Hall–Kier alpha value is -3.23. The third kappa shape index (κ3) is 4.44. The topological polar surface area (TPSA) is 122 Å². The van der Waals surface area contributed by atoms with Crippen molar-refractivity contribution < 1.29 is 28.7 Å². The lowest BCUT2D eigenvalue weighted by Crippen LogP contribution is -2.50. The van der Waals surface area contributed by atoms with E-state index in [1.807, 2.05) is 6.92 Å². The summed E-state index contributed by atoms with van der Waals surface area (Å²) in [6.45, 7) is 2.85. The van der Waals surface area contributed by atoms with Gasteiger partial charge in [0.15, 0.2) is 6.61 Å². The number of ether oxygens (including phenoxy) is 1. The molecule has 2 aliphatic rings. The van der Waals surface area contributed by atoms with Gasteiger partial charge in [0, 0.05) is 6.04 Å². The Morgan fingerprint density at radius 3 is 2.24 bits per heavy atom. The molecule has 154 valence electrons. The van der Waals surface area contributed by atoms with Gasteiger partial charge < -0.3 is 10.1 Å². The lowest BCUT2D eigenvalue weighted by molar-refractivity contribution is -0.153. The molecule has 1 aromatic carbocycles. The van der Waals surface area contributed by atoms with E-state index in [0.717, 1.165) is 17.7 Å². The molecule has 1 saturated carbocycles. The molecule has 0 aromatic heterocycles. The van der Waals surface area contributed by atoms with E-state index in [2.05, 4.69) is 10.6 Å². The van der Waals surface area contributed by atoms with E-state index in [9.17, 15) is 24.0 Å². The Morgan fingerprint density at radius 2 is 1.72 bits per heavy atom. The molecule has 9 heteroatoms. The monoisotopic (exact) mass is 401 g/mol. The van der Waals surface area contributed by atoms with Crippen molar-refractivity contribution in [3.05, 3.63) is 35.4 Å². The predicted molar refractivity (Wildman–Crippen MR) is 101 cm³/mol. The van der Waals surface area contributed by atoms with Crippen LogP contribution in [-0.4, -0.2) is 53.3 Å². The minimum atomic E-state index is -1.17. The molecule has 1 aliphatic carbocycles. The number of benzene rings is 1. The van der Waals surface area contributed by atoms with Crippen LogP contribution in [0.15, 0.2) is 24.3 Å². The van der Waals surface area contributed by atoms with Crippen molar-refractivity contribution >= 4 is 29.7 Å². The number of carbonyl (C=O) groups is 5.